The van der Waals surface area contributed by atoms with Gasteiger partial charge in [0.05, 0.1) is 16.8 Å². The van der Waals surface area contributed by atoms with Crippen LogP contribution in [0.1, 0.15) is 27.9 Å². The summed E-state index contributed by atoms with van der Waals surface area (Å²) in [4.78, 5) is 16.3. The standard InChI is InChI=1S/C20H17FN4O/c21-18-7-2-4-15(12-18)20(26)25-9-3-8-24(10-11-25)19-16(13-22)5-1-6-17(19)14-23/h1-2,4-7,12H,3,8-11H2. The zero-order valence-electron chi connectivity index (χ0n) is 14.2. The zero-order chi connectivity index (χ0) is 18.5. The van der Waals surface area contributed by atoms with Crippen LogP contribution in [0.3, 0.4) is 0 Å². The molecule has 2 aromatic carbocycles. The molecular weight excluding hydrogens is 331 g/mol. The molecule has 5 nitrogen and oxygen atoms in total. The summed E-state index contributed by atoms with van der Waals surface area (Å²) in [6.45, 7) is 2.14. The molecule has 0 N–H and O–H groups in total. The van der Waals surface area contributed by atoms with E-state index < -0.39 is 5.82 Å². The fourth-order valence-electron chi connectivity index (χ4n) is 3.21. The molecule has 2 aromatic rings. The van der Waals surface area contributed by atoms with Gasteiger partial charge in [-0.05, 0) is 36.8 Å². The number of para-hydroxylation sites is 1. The van der Waals surface area contributed by atoms with E-state index in [1.807, 2.05) is 4.90 Å². The van der Waals surface area contributed by atoms with E-state index in [4.69, 9.17) is 0 Å². The third-order valence-electron chi connectivity index (χ3n) is 4.45. The predicted octanol–water partition coefficient (Wildman–Crippen LogP) is 2.92. The number of carbonyl (C=O) groups excluding carboxylic acids is 1. The molecule has 0 unspecified atom stereocenters. The number of nitriles is 2. The minimum absolute atomic E-state index is 0.208. The summed E-state index contributed by atoms with van der Waals surface area (Å²) in [5.41, 5.74) is 1.86. The highest BCUT2D eigenvalue weighted by Gasteiger charge is 2.23. The Balaban J connectivity index is 1.81. The van der Waals surface area contributed by atoms with E-state index in [9.17, 15) is 19.7 Å². The topological polar surface area (TPSA) is 71.1 Å². The Morgan fingerprint density at radius 2 is 1.65 bits per heavy atom. The van der Waals surface area contributed by atoms with Gasteiger partial charge in [0.2, 0.25) is 0 Å². The average Bonchev–Trinajstić information content (AvgIpc) is 2.92. The molecule has 0 aromatic heterocycles. The van der Waals surface area contributed by atoms with Gasteiger partial charge in [-0.25, -0.2) is 4.39 Å². The summed E-state index contributed by atoms with van der Waals surface area (Å²) < 4.78 is 13.4. The summed E-state index contributed by atoms with van der Waals surface area (Å²) >= 11 is 0. The first-order chi connectivity index (χ1) is 12.6. The minimum Gasteiger partial charge on any atom is -0.368 e. The Morgan fingerprint density at radius 3 is 2.31 bits per heavy atom. The molecule has 0 aliphatic carbocycles. The molecule has 3 rings (SSSR count). The third kappa shape index (κ3) is 3.50. The lowest BCUT2D eigenvalue weighted by molar-refractivity contribution is 0.0766. The molecule has 1 aliphatic rings. The smallest absolute Gasteiger partial charge is 0.254 e. The van der Waals surface area contributed by atoms with Crippen LogP contribution in [0.2, 0.25) is 0 Å². The maximum atomic E-state index is 13.4. The second-order valence-corrected chi connectivity index (χ2v) is 6.07. The average molecular weight is 348 g/mol. The quantitative estimate of drug-likeness (QED) is 0.837. The zero-order valence-corrected chi connectivity index (χ0v) is 14.2. The van der Waals surface area contributed by atoms with Crippen molar-refractivity contribution in [1.82, 2.24) is 4.90 Å². The number of carbonyl (C=O) groups is 1. The van der Waals surface area contributed by atoms with Gasteiger partial charge in [0.25, 0.3) is 5.91 Å². The van der Waals surface area contributed by atoms with Gasteiger partial charge in [-0.15, -0.1) is 0 Å². The number of hydrogen-bond acceptors (Lipinski definition) is 4. The first-order valence-corrected chi connectivity index (χ1v) is 8.37. The molecular formula is C20H17FN4O. The van der Waals surface area contributed by atoms with E-state index in [0.717, 1.165) is 0 Å². The van der Waals surface area contributed by atoms with Crippen LogP contribution in [0.5, 0.6) is 0 Å². The fourth-order valence-corrected chi connectivity index (χ4v) is 3.21. The molecule has 26 heavy (non-hydrogen) atoms. The number of nitrogens with zero attached hydrogens (tertiary/aromatic N) is 4. The Morgan fingerprint density at radius 1 is 0.962 bits per heavy atom. The predicted molar refractivity (Wildman–Crippen MR) is 95.0 cm³/mol. The first kappa shape index (κ1) is 17.4. The van der Waals surface area contributed by atoms with Crippen molar-refractivity contribution in [1.29, 1.82) is 10.5 Å². The molecule has 1 amide bonds. The Hall–Kier alpha value is -3.38. The van der Waals surface area contributed by atoms with E-state index in [1.54, 1.807) is 29.2 Å². The number of anilines is 1. The van der Waals surface area contributed by atoms with E-state index in [1.165, 1.54) is 18.2 Å². The van der Waals surface area contributed by atoms with Gasteiger partial charge in [0.1, 0.15) is 18.0 Å². The Bertz CT molecular complexity index is 881. The minimum atomic E-state index is -0.436. The Labute approximate surface area is 151 Å². The molecule has 0 bridgehead atoms. The molecule has 0 saturated carbocycles. The molecule has 0 atom stereocenters. The maximum absolute atomic E-state index is 13.4. The van der Waals surface area contributed by atoms with Gasteiger partial charge in [0.15, 0.2) is 0 Å². The van der Waals surface area contributed by atoms with E-state index in [2.05, 4.69) is 12.1 Å². The molecule has 1 heterocycles. The number of hydrogen-bond donors (Lipinski definition) is 0. The number of rotatable bonds is 2. The number of halogens is 1. The highest BCUT2D eigenvalue weighted by atomic mass is 19.1. The summed E-state index contributed by atoms with van der Waals surface area (Å²) in [5.74, 6) is -0.644. The van der Waals surface area contributed by atoms with Crippen LogP contribution in [0.25, 0.3) is 0 Å². The summed E-state index contributed by atoms with van der Waals surface area (Å²) in [6.07, 6.45) is 0.700. The Kier molecular flexibility index (Phi) is 5.15. The normalized spacial score (nSPS) is 14.3. The van der Waals surface area contributed by atoms with Crippen molar-refractivity contribution >= 4 is 11.6 Å². The van der Waals surface area contributed by atoms with Crippen LogP contribution in [-0.4, -0.2) is 37.0 Å². The van der Waals surface area contributed by atoms with E-state index in [0.29, 0.717) is 55.0 Å². The van der Waals surface area contributed by atoms with Crippen LogP contribution in [0.15, 0.2) is 42.5 Å². The molecule has 6 heteroatoms. The molecule has 1 aliphatic heterocycles. The third-order valence-corrected chi connectivity index (χ3v) is 4.45. The van der Waals surface area contributed by atoms with Crippen molar-refractivity contribution in [2.24, 2.45) is 0 Å². The van der Waals surface area contributed by atoms with Crippen molar-refractivity contribution < 1.29 is 9.18 Å². The van der Waals surface area contributed by atoms with Crippen molar-refractivity contribution in [3.63, 3.8) is 0 Å². The maximum Gasteiger partial charge on any atom is 0.254 e. The van der Waals surface area contributed by atoms with Gasteiger partial charge in [-0.2, -0.15) is 10.5 Å². The highest BCUT2D eigenvalue weighted by Crippen LogP contribution is 2.26. The van der Waals surface area contributed by atoms with Gasteiger partial charge in [-0.1, -0.05) is 12.1 Å². The summed E-state index contributed by atoms with van der Waals surface area (Å²) in [5, 5.41) is 18.7. The van der Waals surface area contributed by atoms with Crippen molar-refractivity contribution in [2.75, 3.05) is 31.1 Å². The van der Waals surface area contributed by atoms with Crippen LogP contribution in [0, 0.1) is 28.5 Å². The highest BCUT2D eigenvalue weighted by molar-refractivity contribution is 5.94. The lowest BCUT2D eigenvalue weighted by Crippen LogP contribution is -2.35. The summed E-state index contributed by atoms with van der Waals surface area (Å²) in [6, 6.07) is 15.0. The molecule has 0 spiro atoms. The summed E-state index contributed by atoms with van der Waals surface area (Å²) in [7, 11) is 0. The largest absolute Gasteiger partial charge is 0.368 e. The van der Waals surface area contributed by atoms with Crippen LogP contribution < -0.4 is 4.90 Å². The van der Waals surface area contributed by atoms with Crippen molar-refractivity contribution in [3.05, 3.63) is 65.0 Å². The molecule has 130 valence electrons. The fraction of sp³-hybridized carbons (Fsp3) is 0.250. The molecule has 1 saturated heterocycles. The second kappa shape index (κ2) is 7.67. The first-order valence-electron chi connectivity index (χ1n) is 8.37. The SMILES string of the molecule is N#Cc1cccc(C#N)c1N1CCCN(C(=O)c2cccc(F)c2)CC1. The second-order valence-electron chi connectivity index (χ2n) is 6.07. The monoisotopic (exact) mass is 348 g/mol. The number of amides is 1. The van der Waals surface area contributed by atoms with Crippen LogP contribution >= 0.6 is 0 Å². The molecule has 0 radical (unpaired) electrons. The molecule has 1 fully saturated rings. The van der Waals surface area contributed by atoms with Gasteiger partial charge in [0, 0.05) is 31.7 Å². The van der Waals surface area contributed by atoms with Gasteiger partial charge in [-0.3, -0.25) is 4.79 Å². The van der Waals surface area contributed by atoms with E-state index in [-0.39, 0.29) is 5.91 Å². The van der Waals surface area contributed by atoms with Crippen molar-refractivity contribution in [3.8, 4) is 12.1 Å². The lowest BCUT2D eigenvalue weighted by atomic mass is 10.1. The van der Waals surface area contributed by atoms with Crippen molar-refractivity contribution in [2.45, 2.75) is 6.42 Å². The number of benzene rings is 2. The van der Waals surface area contributed by atoms with E-state index >= 15 is 0 Å². The van der Waals surface area contributed by atoms with Gasteiger partial charge >= 0.3 is 0 Å². The van der Waals surface area contributed by atoms with Crippen LogP contribution in [0.4, 0.5) is 10.1 Å². The lowest BCUT2D eigenvalue weighted by Gasteiger charge is -2.25. The van der Waals surface area contributed by atoms with Crippen LogP contribution in [-0.2, 0) is 0 Å². The van der Waals surface area contributed by atoms with Gasteiger partial charge < -0.3 is 9.80 Å².